The van der Waals surface area contributed by atoms with Gasteiger partial charge in [0, 0.05) is 6.04 Å². The lowest BCUT2D eigenvalue weighted by Gasteiger charge is -2.39. The first-order valence-electron chi connectivity index (χ1n) is 5.71. The molecule has 1 saturated heterocycles. The van der Waals surface area contributed by atoms with E-state index in [-0.39, 0.29) is 6.10 Å². The second-order valence-electron chi connectivity index (χ2n) is 4.71. The van der Waals surface area contributed by atoms with Crippen LogP contribution in [0.1, 0.15) is 39.0 Å². The summed E-state index contributed by atoms with van der Waals surface area (Å²) in [5.41, 5.74) is 0. The Morgan fingerprint density at radius 2 is 1.77 bits per heavy atom. The fraction of sp³-hybridized carbons (Fsp3) is 1.00. The molecular formula is C11H21NO. The molecule has 2 aliphatic rings. The average Bonchev–Trinajstić information content (AvgIpc) is 2.57. The van der Waals surface area contributed by atoms with Gasteiger partial charge >= 0.3 is 0 Å². The molecule has 76 valence electrons. The van der Waals surface area contributed by atoms with E-state index in [4.69, 9.17) is 0 Å². The predicted molar refractivity (Wildman–Crippen MR) is 53.6 cm³/mol. The van der Waals surface area contributed by atoms with E-state index < -0.39 is 0 Å². The first-order valence-corrected chi connectivity index (χ1v) is 5.71. The highest BCUT2D eigenvalue weighted by Crippen LogP contribution is 2.30. The van der Waals surface area contributed by atoms with E-state index in [1.165, 1.54) is 38.8 Å². The molecule has 0 bridgehead atoms. The van der Waals surface area contributed by atoms with E-state index in [1.807, 2.05) is 0 Å². The van der Waals surface area contributed by atoms with Crippen LogP contribution in [0.5, 0.6) is 0 Å². The summed E-state index contributed by atoms with van der Waals surface area (Å²) in [7, 11) is 0. The fourth-order valence-electron chi connectivity index (χ4n) is 3.01. The molecule has 1 aliphatic heterocycles. The van der Waals surface area contributed by atoms with Gasteiger partial charge in [-0.1, -0.05) is 13.3 Å². The van der Waals surface area contributed by atoms with Crippen LogP contribution in [0.15, 0.2) is 0 Å². The molecule has 0 aromatic heterocycles. The first kappa shape index (κ1) is 9.47. The number of hydrogen-bond acceptors (Lipinski definition) is 2. The molecule has 0 aromatic carbocycles. The maximum atomic E-state index is 9.96. The molecule has 3 atom stereocenters. The Morgan fingerprint density at radius 3 is 2.38 bits per heavy atom. The van der Waals surface area contributed by atoms with Gasteiger partial charge in [0.15, 0.2) is 0 Å². The minimum Gasteiger partial charge on any atom is -0.391 e. The molecule has 1 N–H and O–H groups in total. The molecule has 0 amide bonds. The second-order valence-corrected chi connectivity index (χ2v) is 4.71. The van der Waals surface area contributed by atoms with Crippen molar-refractivity contribution in [2.75, 3.05) is 13.1 Å². The normalized spacial score (nSPS) is 42.5. The van der Waals surface area contributed by atoms with Crippen LogP contribution in [0.25, 0.3) is 0 Å². The molecule has 13 heavy (non-hydrogen) atoms. The van der Waals surface area contributed by atoms with Gasteiger partial charge in [-0.15, -0.1) is 0 Å². The van der Waals surface area contributed by atoms with Crippen LogP contribution in [0.3, 0.4) is 0 Å². The van der Waals surface area contributed by atoms with Crippen molar-refractivity contribution in [1.29, 1.82) is 0 Å². The van der Waals surface area contributed by atoms with Gasteiger partial charge in [0.1, 0.15) is 0 Å². The number of rotatable bonds is 1. The Bertz CT molecular complexity index is 155. The maximum Gasteiger partial charge on any atom is 0.0698 e. The van der Waals surface area contributed by atoms with Gasteiger partial charge in [-0.3, -0.25) is 4.90 Å². The van der Waals surface area contributed by atoms with E-state index in [2.05, 4.69) is 11.8 Å². The van der Waals surface area contributed by atoms with Crippen molar-refractivity contribution >= 4 is 0 Å². The predicted octanol–water partition coefficient (Wildman–Crippen LogP) is 1.63. The van der Waals surface area contributed by atoms with Gasteiger partial charge in [0.2, 0.25) is 0 Å². The molecule has 2 fully saturated rings. The third kappa shape index (κ3) is 1.89. The summed E-state index contributed by atoms with van der Waals surface area (Å²) in [5, 5.41) is 9.96. The highest BCUT2D eigenvalue weighted by Gasteiger charge is 2.34. The van der Waals surface area contributed by atoms with Gasteiger partial charge in [0.05, 0.1) is 6.10 Å². The molecule has 2 heteroatoms. The van der Waals surface area contributed by atoms with Gasteiger partial charge < -0.3 is 5.11 Å². The van der Waals surface area contributed by atoms with E-state index in [0.717, 1.165) is 6.42 Å². The highest BCUT2D eigenvalue weighted by atomic mass is 16.3. The Kier molecular flexibility index (Phi) is 2.89. The summed E-state index contributed by atoms with van der Waals surface area (Å²) in [4.78, 5) is 2.51. The topological polar surface area (TPSA) is 23.5 Å². The second kappa shape index (κ2) is 3.97. The third-order valence-corrected chi connectivity index (χ3v) is 3.70. The SMILES string of the molecule is C[C@@H]1CCC[C@@H](O)[C@@H]1N1CCCC1. The minimum absolute atomic E-state index is 0.0538. The standard InChI is InChI=1S/C11H21NO/c1-9-5-4-6-10(13)11(9)12-7-2-3-8-12/h9-11,13H,2-8H2,1H3/t9-,10-,11-/m1/s1. The number of nitrogens with zero attached hydrogens (tertiary/aromatic N) is 1. The Hall–Kier alpha value is -0.0800. The zero-order valence-corrected chi connectivity index (χ0v) is 8.58. The zero-order valence-electron chi connectivity index (χ0n) is 8.58. The van der Waals surface area contributed by atoms with E-state index in [9.17, 15) is 5.11 Å². The lowest BCUT2D eigenvalue weighted by atomic mass is 9.83. The van der Waals surface area contributed by atoms with Gasteiger partial charge in [-0.25, -0.2) is 0 Å². The summed E-state index contributed by atoms with van der Waals surface area (Å²) in [6.45, 7) is 4.73. The molecule has 0 radical (unpaired) electrons. The summed E-state index contributed by atoms with van der Waals surface area (Å²) < 4.78 is 0. The monoisotopic (exact) mass is 183 g/mol. The van der Waals surface area contributed by atoms with Gasteiger partial charge in [0.25, 0.3) is 0 Å². The summed E-state index contributed by atoms with van der Waals surface area (Å²) in [6.07, 6.45) is 6.14. The molecular weight excluding hydrogens is 162 g/mol. The Labute approximate surface area is 80.9 Å². The van der Waals surface area contributed by atoms with Crippen LogP contribution in [-0.4, -0.2) is 35.2 Å². The van der Waals surface area contributed by atoms with Crippen molar-refractivity contribution < 1.29 is 5.11 Å². The van der Waals surface area contributed by atoms with Crippen LogP contribution in [-0.2, 0) is 0 Å². The third-order valence-electron chi connectivity index (χ3n) is 3.70. The maximum absolute atomic E-state index is 9.96. The molecule has 0 aromatic rings. The van der Waals surface area contributed by atoms with Crippen molar-refractivity contribution in [2.24, 2.45) is 5.92 Å². The summed E-state index contributed by atoms with van der Waals surface area (Å²) in [5.74, 6) is 0.696. The smallest absolute Gasteiger partial charge is 0.0698 e. The molecule has 0 unspecified atom stereocenters. The quantitative estimate of drug-likeness (QED) is 0.668. The molecule has 2 nitrogen and oxygen atoms in total. The van der Waals surface area contributed by atoms with Crippen molar-refractivity contribution in [1.82, 2.24) is 4.90 Å². The summed E-state index contributed by atoms with van der Waals surface area (Å²) >= 11 is 0. The lowest BCUT2D eigenvalue weighted by molar-refractivity contribution is 0.00189. The van der Waals surface area contributed by atoms with Crippen LogP contribution >= 0.6 is 0 Å². The largest absolute Gasteiger partial charge is 0.391 e. The van der Waals surface area contributed by atoms with Crippen LogP contribution < -0.4 is 0 Å². The average molecular weight is 183 g/mol. The van der Waals surface area contributed by atoms with Crippen molar-refractivity contribution in [3.05, 3.63) is 0 Å². The van der Waals surface area contributed by atoms with Crippen molar-refractivity contribution in [3.63, 3.8) is 0 Å². The lowest BCUT2D eigenvalue weighted by Crippen LogP contribution is -2.48. The van der Waals surface area contributed by atoms with Crippen molar-refractivity contribution in [2.45, 2.75) is 51.2 Å². The molecule has 2 rings (SSSR count). The first-order chi connectivity index (χ1) is 6.29. The Morgan fingerprint density at radius 1 is 1.08 bits per heavy atom. The van der Waals surface area contributed by atoms with Crippen LogP contribution in [0.4, 0.5) is 0 Å². The number of hydrogen-bond donors (Lipinski definition) is 1. The number of aliphatic hydroxyl groups is 1. The van der Waals surface area contributed by atoms with Gasteiger partial charge in [-0.2, -0.15) is 0 Å². The molecule has 0 spiro atoms. The molecule has 1 saturated carbocycles. The van der Waals surface area contributed by atoms with Crippen LogP contribution in [0, 0.1) is 5.92 Å². The molecule has 1 heterocycles. The number of likely N-dealkylation sites (tertiary alicyclic amines) is 1. The minimum atomic E-state index is -0.0538. The van der Waals surface area contributed by atoms with Gasteiger partial charge in [-0.05, 0) is 44.7 Å². The Balaban J connectivity index is 2.00. The number of aliphatic hydroxyl groups excluding tert-OH is 1. The van der Waals surface area contributed by atoms with E-state index in [0.29, 0.717) is 12.0 Å². The zero-order chi connectivity index (χ0) is 9.26. The van der Waals surface area contributed by atoms with E-state index >= 15 is 0 Å². The fourth-order valence-corrected chi connectivity index (χ4v) is 3.01. The van der Waals surface area contributed by atoms with Crippen LogP contribution in [0.2, 0.25) is 0 Å². The highest BCUT2D eigenvalue weighted by molar-refractivity contribution is 4.89. The summed E-state index contributed by atoms with van der Waals surface area (Å²) in [6, 6.07) is 0.469. The van der Waals surface area contributed by atoms with Crippen molar-refractivity contribution in [3.8, 4) is 0 Å². The van der Waals surface area contributed by atoms with E-state index in [1.54, 1.807) is 0 Å². The molecule has 1 aliphatic carbocycles.